The molecule has 0 aliphatic rings. The fraction of sp³-hybridized carbons (Fsp3) is 0.368. The molecule has 0 aliphatic heterocycles. The molecule has 0 heterocycles. The van der Waals surface area contributed by atoms with Gasteiger partial charge in [0.15, 0.2) is 0 Å². The number of nitrogens with two attached hydrogens (primary N) is 1. The van der Waals surface area contributed by atoms with Crippen molar-refractivity contribution >= 4 is 0 Å². The van der Waals surface area contributed by atoms with E-state index in [1.807, 2.05) is 24.3 Å². The Labute approximate surface area is 133 Å². The number of rotatable bonds is 7. The van der Waals surface area contributed by atoms with Crippen molar-refractivity contribution in [1.82, 2.24) is 0 Å². The monoisotopic (exact) mass is 299 g/mol. The van der Waals surface area contributed by atoms with Crippen molar-refractivity contribution in [3.05, 3.63) is 59.2 Å². The predicted molar refractivity (Wildman–Crippen MR) is 90.8 cm³/mol. The normalized spacial score (nSPS) is 12.0. The van der Waals surface area contributed by atoms with Crippen LogP contribution in [0, 0.1) is 13.8 Å². The van der Waals surface area contributed by atoms with Gasteiger partial charge in [0, 0.05) is 6.07 Å². The van der Waals surface area contributed by atoms with Crippen LogP contribution in [0.1, 0.15) is 29.0 Å². The number of hydrogen-bond donors (Lipinski definition) is 1. The van der Waals surface area contributed by atoms with E-state index < -0.39 is 0 Å². The Balaban J connectivity index is 1.97. The van der Waals surface area contributed by atoms with Crippen molar-refractivity contribution in [3.8, 4) is 11.5 Å². The Morgan fingerprint density at radius 2 is 1.82 bits per heavy atom. The van der Waals surface area contributed by atoms with E-state index in [0.29, 0.717) is 19.1 Å². The molecule has 1 atom stereocenters. The molecular formula is C19H25NO2. The van der Waals surface area contributed by atoms with E-state index in [2.05, 4.69) is 32.0 Å². The molecule has 2 aromatic rings. The summed E-state index contributed by atoms with van der Waals surface area (Å²) in [6, 6.07) is 14.2. The van der Waals surface area contributed by atoms with E-state index in [1.165, 1.54) is 16.7 Å². The summed E-state index contributed by atoms with van der Waals surface area (Å²) < 4.78 is 11.0. The molecule has 0 spiro atoms. The van der Waals surface area contributed by atoms with Crippen LogP contribution in [0.2, 0.25) is 0 Å². The molecule has 3 nitrogen and oxygen atoms in total. The minimum absolute atomic E-state index is 0.325. The first-order valence-corrected chi connectivity index (χ1v) is 7.68. The standard InChI is InChI=1S/C19H25NO2/c1-14-7-8-15(2)19(11-14)16(13-20)9-10-22-18-6-4-5-17(12-18)21-3/h4-8,11-12,16H,9-10,13,20H2,1-3H3. The first-order valence-electron chi connectivity index (χ1n) is 7.68. The van der Waals surface area contributed by atoms with E-state index in [-0.39, 0.29) is 0 Å². The maximum absolute atomic E-state index is 5.97. The molecule has 2 rings (SSSR count). The van der Waals surface area contributed by atoms with Gasteiger partial charge in [-0.05, 0) is 56.0 Å². The Morgan fingerprint density at radius 3 is 2.55 bits per heavy atom. The maximum Gasteiger partial charge on any atom is 0.122 e. The van der Waals surface area contributed by atoms with Crippen LogP contribution in [-0.4, -0.2) is 20.3 Å². The molecule has 118 valence electrons. The quantitative estimate of drug-likeness (QED) is 0.845. The molecule has 2 aromatic carbocycles. The third kappa shape index (κ3) is 4.25. The molecule has 2 N–H and O–H groups in total. The molecule has 0 saturated carbocycles. The molecule has 0 aliphatic carbocycles. The van der Waals surface area contributed by atoms with Crippen molar-refractivity contribution in [2.75, 3.05) is 20.3 Å². The Bertz CT molecular complexity index is 610. The third-order valence-electron chi connectivity index (χ3n) is 3.94. The Kier molecular flexibility index (Phi) is 5.84. The molecule has 0 aromatic heterocycles. The highest BCUT2D eigenvalue weighted by Gasteiger charge is 2.13. The van der Waals surface area contributed by atoms with Crippen LogP contribution in [0.15, 0.2) is 42.5 Å². The zero-order valence-corrected chi connectivity index (χ0v) is 13.6. The summed E-state index contributed by atoms with van der Waals surface area (Å²) in [5.41, 5.74) is 9.87. The van der Waals surface area contributed by atoms with Crippen LogP contribution in [0.3, 0.4) is 0 Å². The van der Waals surface area contributed by atoms with Gasteiger partial charge in [0.25, 0.3) is 0 Å². The SMILES string of the molecule is COc1cccc(OCCC(CN)c2cc(C)ccc2C)c1. The lowest BCUT2D eigenvalue weighted by molar-refractivity contribution is 0.296. The van der Waals surface area contributed by atoms with E-state index in [4.69, 9.17) is 15.2 Å². The van der Waals surface area contributed by atoms with Gasteiger partial charge < -0.3 is 15.2 Å². The molecular weight excluding hydrogens is 274 g/mol. The topological polar surface area (TPSA) is 44.5 Å². The van der Waals surface area contributed by atoms with Gasteiger partial charge in [-0.2, -0.15) is 0 Å². The molecule has 22 heavy (non-hydrogen) atoms. The minimum Gasteiger partial charge on any atom is -0.497 e. The second-order valence-electron chi connectivity index (χ2n) is 5.61. The summed E-state index contributed by atoms with van der Waals surface area (Å²) in [5.74, 6) is 1.96. The molecule has 3 heteroatoms. The van der Waals surface area contributed by atoms with E-state index in [1.54, 1.807) is 7.11 Å². The summed E-state index contributed by atoms with van der Waals surface area (Å²) in [5, 5.41) is 0. The van der Waals surface area contributed by atoms with Crippen molar-refractivity contribution in [3.63, 3.8) is 0 Å². The van der Waals surface area contributed by atoms with Crippen LogP contribution < -0.4 is 15.2 Å². The fourth-order valence-corrected chi connectivity index (χ4v) is 2.61. The van der Waals surface area contributed by atoms with E-state index in [0.717, 1.165) is 17.9 Å². The lowest BCUT2D eigenvalue weighted by Gasteiger charge is -2.18. The highest BCUT2D eigenvalue weighted by atomic mass is 16.5. The summed E-state index contributed by atoms with van der Waals surface area (Å²) in [6.45, 7) is 5.53. The lowest BCUT2D eigenvalue weighted by Crippen LogP contribution is -2.16. The number of hydrogen-bond acceptors (Lipinski definition) is 3. The van der Waals surface area contributed by atoms with Gasteiger partial charge in [0.05, 0.1) is 13.7 Å². The minimum atomic E-state index is 0.325. The van der Waals surface area contributed by atoms with Gasteiger partial charge in [-0.25, -0.2) is 0 Å². The van der Waals surface area contributed by atoms with Crippen molar-refractivity contribution in [1.29, 1.82) is 0 Å². The first-order chi connectivity index (χ1) is 10.6. The Hall–Kier alpha value is -2.00. The van der Waals surface area contributed by atoms with Gasteiger partial charge in [0.2, 0.25) is 0 Å². The Morgan fingerprint density at radius 1 is 1.05 bits per heavy atom. The van der Waals surface area contributed by atoms with Crippen molar-refractivity contribution < 1.29 is 9.47 Å². The van der Waals surface area contributed by atoms with Gasteiger partial charge in [-0.3, -0.25) is 0 Å². The third-order valence-corrected chi connectivity index (χ3v) is 3.94. The van der Waals surface area contributed by atoms with Crippen LogP contribution in [0.25, 0.3) is 0 Å². The zero-order chi connectivity index (χ0) is 15.9. The van der Waals surface area contributed by atoms with Gasteiger partial charge in [-0.1, -0.05) is 29.8 Å². The number of aryl methyl sites for hydroxylation is 2. The largest absolute Gasteiger partial charge is 0.497 e. The predicted octanol–water partition coefficient (Wildman–Crippen LogP) is 3.82. The van der Waals surface area contributed by atoms with Crippen molar-refractivity contribution in [2.45, 2.75) is 26.2 Å². The average molecular weight is 299 g/mol. The molecule has 0 amide bonds. The number of ether oxygens (including phenoxy) is 2. The van der Waals surface area contributed by atoms with Crippen LogP contribution in [0.5, 0.6) is 11.5 Å². The van der Waals surface area contributed by atoms with Gasteiger partial charge in [-0.15, -0.1) is 0 Å². The maximum atomic E-state index is 5.97. The second-order valence-corrected chi connectivity index (χ2v) is 5.61. The smallest absolute Gasteiger partial charge is 0.122 e. The summed E-state index contributed by atoms with van der Waals surface area (Å²) in [4.78, 5) is 0. The van der Waals surface area contributed by atoms with Gasteiger partial charge >= 0.3 is 0 Å². The zero-order valence-electron chi connectivity index (χ0n) is 13.6. The summed E-state index contributed by atoms with van der Waals surface area (Å²) >= 11 is 0. The molecule has 0 bridgehead atoms. The summed E-state index contributed by atoms with van der Waals surface area (Å²) in [6.07, 6.45) is 0.901. The summed E-state index contributed by atoms with van der Waals surface area (Å²) in [7, 11) is 1.66. The fourth-order valence-electron chi connectivity index (χ4n) is 2.61. The lowest BCUT2D eigenvalue weighted by atomic mass is 9.91. The number of benzene rings is 2. The highest BCUT2D eigenvalue weighted by molar-refractivity contribution is 5.34. The highest BCUT2D eigenvalue weighted by Crippen LogP contribution is 2.25. The first kappa shape index (κ1) is 16.4. The second kappa shape index (κ2) is 7.85. The van der Waals surface area contributed by atoms with Crippen LogP contribution in [-0.2, 0) is 0 Å². The number of methoxy groups -OCH3 is 1. The molecule has 0 radical (unpaired) electrons. The van der Waals surface area contributed by atoms with Crippen molar-refractivity contribution in [2.24, 2.45) is 5.73 Å². The van der Waals surface area contributed by atoms with E-state index >= 15 is 0 Å². The molecule has 0 fully saturated rings. The van der Waals surface area contributed by atoms with Gasteiger partial charge in [0.1, 0.15) is 11.5 Å². The molecule has 0 saturated heterocycles. The average Bonchev–Trinajstić information content (AvgIpc) is 2.54. The van der Waals surface area contributed by atoms with Crippen LogP contribution >= 0.6 is 0 Å². The van der Waals surface area contributed by atoms with Crippen LogP contribution in [0.4, 0.5) is 0 Å². The van der Waals surface area contributed by atoms with E-state index in [9.17, 15) is 0 Å². The molecule has 1 unspecified atom stereocenters.